The highest BCUT2D eigenvalue weighted by molar-refractivity contribution is 6.01. The van der Waals surface area contributed by atoms with Gasteiger partial charge in [-0.1, -0.05) is 18.2 Å². The monoisotopic (exact) mass is 357 g/mol. The third kappa shape index (κ3) is 3.18. The Labute approximate surface area is 154 Å². The van der Waals surface area contributed by atoms with Gasteiger partial charge in [0.1, 0.15) is 0 Å². The molecule has 2 saturated heterocycles. The van der Waals surface area contributed by atoms with Gasteiger partial charge in [-0.2, -0.15) is 0 Å². The van der Waals surface area contributed by atoms with Crippen molar-refractivity contribution in [1.82, 2.24) is 9.80 Å². The third-order valence-electron chi connectivity index (χ3n) is 5.93. The summed E-state index contributed by atoms with van der Waals surface area (Å²) < 4.78 is 5.12. The van der Waals surface area contributed by atoms with Crippen LogP contribution in [0.15, 0.2) is 24.3 Å². The molecule has 3 aliphatic rings. The lowest BCUT2D eigenvalue weighted by atomic mass is 10.0. The highest BCUT2D eigenvalue weighted by atomic mass is 16.6. The highest BCUT2D eigenvalue weighted by Crippen LogP contribution is 2.34. The second-order valence-electron chi connectivity index (χ2n) is 7.42. The summed E-state index contributed by atoms with van der Waals surface area (Å²) in [6.07, 6.45) is 3.35. The predicted molar refractivity (Wildman–Crippen MR) is 99.2 cm³/mol. The zero-order valence-corrected chi connectivity index (χ0v) is 15.4. The van der Waals surface area contributed by atoms with Gasteiger partial charge < -0.3 is 14.5 Å². The summed E-state index contributed by atoms with van der Waals surface area (Å²) in [4.78, 5) is 30.7. The van der Waals surface area contributed by atoms with E-state index in [-0.39, 0.29) is 12.0 Å². The second-order valence-corrected chi connectivity index (χ2v) is 7.42. The maximum Gasteiger partial charge on any atom is 0.409 e. The van der Waals surface area contributed by atoms with Crippen LogP contribution in [-0.4, -0.2) is 66.7 Å². The molecule has 2 fully saturated rings. The third-order valence-corrected chi connectivity index (χ3v) is 5.93. The molecule has 6 nitrogen and oxygen atoms in total. The van der Waals surface area contributed by atoms with Gasteiger partial charge >= 0.3 is 6.09 Å². The lowest BCUT2D eigenvalue weighted by Crippen LogP contribution is -2.50. The molecular formula is C20H27N3O3. The van der Waals surface area contributed by atoms with Gasteiger partial charge in [-0.3, -0.25) is 9.69 Å². The largest absolute Gasteiger partial charge is 0.450 e. The molecular weight excluding hydrogens is 330 g/mol. The van der Waals surface area contributed by atoms with E-state index in [1.165, 1.54) is 0 Å². The van der Waals surface area contributed by atoms with Gasteiger partial charge in [0, 0.05) is 44.0 Å². The van der Waals surface area contributed by atoms with Gasteiger partial charge in [-0.05, 0) is 37.8 Å². The van der Waals surface area contributed by atoms with E-state index in [1.54, 1.807) is 0 Å². The van der Waals surface area contributed by atoms with E-state index in [2.05, 4.69) is 17.0 Å². The van der Waals surface area contributed by atoms with E-state index in [0.29, 0.717) is 25.1 Å². The number of para-hydroxylation sites is 1. The van der Waals surface area contributed by atoms with Crippen LogP contribution in [0.5, 0.6) is 0 Å². The van der Waals surface area contributed by atoms with Gasteiger partial charge in [0.25, 0.3) is 0 Å². The number of hydrogen-bond donors (Lipinski definition) is 0. The molecule has 1 unspecified atom stereocenters. The molecule has 0 spiro atoms. The Kier molecular flexibility index (Phi) is 4.85. The number of anilines is 1. The molecule has 0 saturated carbocycles. The molecule has 3 aliphatic heterocycles. The van der Waals surface area contributed by atoms with Crippen molar-refractivity contribution in [1.29, 1.82) is 0 Å². The fourth-order valence-electron chi connectivity index (χ4n) is 4.61. The minimum atomic E-state index is -0.191. The molecule has 1 aromatic rings. The van der Waals surface area contributed by atoms with Crippen LogP contribution in [0.25, 0.3) is 0 Å². The standard InChI is InChI=1S/C20H27N3O3/c1-2-26-20(25)22-12-9-17(14-22)21-10-7-16(8-11-21)23-18-6-4-3-5-15(18)13-19(23)24/h3-6,16-17H,2,7-14H2,1H3. The van der Waals surface area contributed by atoms with Crippen LogP contribution in [0.3, 0.4) is 0 Å². The fraction of sp³-hybridized carbons (Fsp3) is 0.600. The molecule has 0 aliphatic carbocycles. The predicted octanol–water partition coefficient (Wildman–Crippen LogP) is 2.27. The average molecular weight is 357 g/mol. The molecule has 140 valence electrons. The highest BCUT2D eigenvalue weighted by Gasteiger charge is 2.37. The first-order valence-corrected chi connectivity index (χ1v) is 9.73. The van der Waals surface area contributed by atoms with E-state index in [1.807, 2.05) is 28.9 Å². The topological polar surface area (TPSA) is 53.1 Å². The molecule has 0 bridgehead atoms. The Hall–Kier alpha value is -2.08. The van der Waals surface area contributed by atoms with E-state index in [4.69, 9.17) is 4.74 Å². The number of likely N-dealkylation sites (tertiary alicyclic amines) is 2. The zero-order chi connectivity index (χ0) is 18.1. The summed E-state index contributed by atoms with van der Waals surface area (Å²) in [6.45, 7) is 5.77. The number of piperidine rings is 1. The van der Waals surface area contributed by atoms with Crippen molar-refractivity contribution in [2.24, 2.45) is 0 Å². The van der Waals surface area contributed by atoms with Crippen molar-refractivity contribution in [3.05, 3.63) is 29.8 Å². The normalized spacial score (nSPS) is 24.2. The summed E-state index contributed by atoms with van der Waals surface area (Å²) in [7, 11) is 0. The summed E-state index contributed by atoms with van der Waals surface area (Å²) in [5, 5.41) is 0. The first-order valence-electron chi connectivity index (χ1n) is 9.73. The van der Waals surface area contributed by atoms with E-state index in [0.717, 1.165) is 56.7 Å². The Morgan fingerprint density at radius 2 is 1.85 bits per heavy atom. The second kappa shape index (κ2) is 7.27. The number of carbonyl (C=O) groups excluding carboxylic acids is 2. The number of amides is 2. The first-order chi connectivity index (χ1) is 12.7. The van der Waals surface area contributed by atoms with Crippen LogP contribution in [0.1, 0.15) is 31.7 Å². The van der Waals surface area contributed by atoms with Gasteiger partial charge in [0.05, 0.1) is 13.0 Å². The van der Waals surface area contributed by atoms with Crippen LogP contribution >= 0.6 is 0 Å². The Morgan fingerprint density at radius 1 is 1.12 bits per heavy atom. The number of nitrogens with zero attached hydrogens (tertiary/aromatic N) is 3. The fourth-order valence-corrected chi connectivity index (χ4v) is 4.61. The molecule has 3 heterocycles. The molecule has 0 radical (unpaired) electrons. The average Bonchev–Trinajstić information content (AvgIpc) is 3.26. The van der Waals surface area contributed by atoms with Crippen molar-refractivity contribution in [3.63, 3.8) is 0 Å². The molecule has 1 atom stereocenters. The van der Waals surface area contributed by atoms with Crippen LogP contribution in [0.2, 0.25) is 0 Å². The molecule has 6 heteroatoms. The molecule has 4 rings (SSSR count). The number of benzene rings is 1. The molecule has 26 heavy (non-hydrogen) atoms. The zero-order valence-electron chi connectivity index (χ0n) is 15.4. The number of ether oxygens (including phenoxy) is 1. The first kappa shape index (κ1) is 17.3. The Bertz CT molecular complexity index is 685. The number of carbonyl (C=O) groups is 2. The number of rotatable bonds is 3. The van der Waals surface area contributed by atoms with E-state index < -0.39 is 0 Å². The van der Waals surface area contributed by atoms with Crippen LogP contribution in [-0.2, 0) is 16.0 Å². The van der Waals surface area contributed by atoms with E-state index >= 15 is 0 Å². The quantitative estimate of drug-likeness (QED) is 0.833. The van der Waals surface area contributed by atoms with Crippen molar-refractivity contribution in [2.75, 3.05) is 37.7 Å². The molecule has 2 amide bonds. The Balaban J connectivity index is 1.34. The summed E-state index contributed by atoms with van der Waals surface area (Å²) in [5.74, 6) is 0.235. The van der Waals surface area contributed by atoms with Crippen LogP contribution in [0.4, 0.5) is 10.5 Å². The van der Waals surface area contributed by atoms with Crippen molar-refractivity contribution in [2.45, 2.75) is 44.7 Å². The molecule has 1 aromatic carbocycles. The van der Waals surface area contributed by atoms with Crippen molar-refractivity contribution in [3.8, 4) is 0 Å². The van der Waals surface area contributed by atoms with Gasteiger partial charge in [0.15, 0.2) is 0 Å². The lowest BCUT2D eigenvalue weighted by Gasteiger charge is -2.39. The SMILES string of the molecule is CCOC(=O)N1CCC(N2CCC(N3C(=O)Cc4ccccc43)CC2)C1. The smallest absolute Gasteiger partial charge is 0.409 e. The van der Waals surface area contributed by atoms with Gasteiger partial charge in [-0.15, -0.1) is 0 Å². The van der Waals surface area contributed by atoms with Crippen molar-refractivity contribution >= 4 is 17.7 Å². The van der Waals surface area contributed by atoms with Crippen LogP contribution in [0, 0.1) is 0 Å². The summed E-state index contributed by atoms with van der Waals surface area (Å²) in [5.41, 5.74) is 2.26. The maximum absolute atomic E-state index is 12.5. The number of hydrogen-bond acceptors (Lipinski definition) is 4. The van der Waals surface area contributed by atoms with Gasteiger partial charge in [0.2, 0.25) is 5.91 Å². The maximum atomic E-state index is 12.5. The van der Waals surface area contributed by atoms with Crippen molar-refractivity contribution < 1.29 is 14.3 Å². The van der Waals surface area contributed by atoms with Gasteiger partial charge in [-0.25, -0.2) is 4.79 Å². The van der Waals surface area contributed by atoms with E-state index in [9.17, 15) is 9.59 Å². The Morgan fingerprint density at radius 3 is 2.62 bits per heavy atom. The summed E-state index contributed by atoms with van der Waals surface area (Å²) >= 11 is 0. The minimum absolute atomic E-state index is 0.191. The summed E-state index contributed by atoms with van der Waals surface area (Å²) in [6, 6.07) is 8.87. The number of fused-ring (bicyclic) bond motifs is 1. The molecule has 0 N–H and O–H groups in total. The minimum Gasteiger partial charge on any atom is -0.450 e. The van der Waals surface area contributed by atoms with Crippen LogP contribution < -0.4 is 4.90 Å². The lowest BCUT2D eigenvalue weighted by molar-refractivity contribution is -0.118. The molecule has 0 aromatic heterocycles.